The van der Waals surface area contributed by atoms with Crippen LogP contribution in [0.15, 0.2) is 23.2 Å². The van der Waals surface area contributed by atoms with Crippen molar-refractivity contribution >= 4 is 11.9 Å². The van der Waals surface area contributed by atoms with Gasteiger partial charge in [-0.15, -0.1) is 0 Å². The predicted molar refractivity (Wildman–Crippen MR) is 112 cm³/mol. The fourth-order valence-corrected chi connectivity index (χ4v) is 3.66. The Labute approximate surface area is 172 Å². The average molecular weight is 410 g/mol. The highest BCUT2D eigenvalue weighted by atomic mass is 19.1. The van der Waals surface area contributed by atoms with E-state index in [4.69, 9.17) is 0 Å². The number of aliphatic imine (C=N–C) groups is 1. The van der Waals surface area contributed by atoms with Gasteiger partial charge in [-0.3, -0.25) is 14.7 Å². The predicted octanol–water partition coefficient (Wildman–Crippen LogP) is 2.53. The van der Waals surface area contributed by atoms with Crippen molar-refractivity contribution in [2.24, 2.45) is 4.99 Å². The third-order valence-electron chi connectivity index (χ3n) is 5.18. The topological polar surface area (TPSA) is 60.0 Å². The summed E-state index contributed by atoms with van der Waals surface area (Å²) in [5.41, 5.74) is 0.544. The van der Waals surface area contributed by atoms with E-state index in [0.717, 1.165) is 51.0 Å². The zero-order chi connectivity index (χ0) is 21.2. The van der Waals surface area contributed by atoms with E-state index in [-0.39, 0.29) is 11.9 Å². The quantitative estimate of drug-likeness (QED) is 0.512. The molecule has 1 aromatic rings. The van der Waals surface area contributed by atoms with Gasteiger partial charge in [0.25, 0.3) is 0 Å². The minimum Gasteiger partial charge on any atom is -0.356 e. The molecule has 1 aromatic carbocycles. The molecule has 1 aliphatic heterocycles. The van der Waals surface area contributed by atoms with Crippen LogP contribution in [0.3, 0.4) is 0 Å². The number of benzene rings is 1. The molecular weight excluding hydrogens is 376 g/mol. The number of carbonyl (C=O) groups is 1. The molecule has 0 spiro atoms. The SMILES string of the molecule is CCCNC(=O)CCNC(=NC)N1CCN(C(CC)c2ccc(F)cc2F)CC1. The summed E-state index contributed by atoms with van der Waals surface area (Å²) in [6, 6.07) is 3.75. The maximum atomic E-state index is 14.2. The Morgan fingerprint density at radius 3 is 2.45 bits per heavy atom. The van der Waals surface area contributed by atoms with Crippen LogP contribution in [-0.2, 0) is 4.79 Å². The van der Waals surface area contributed by atoms with E-state index in [1.165, 1.54) is 6.07 Å². The standard InChI is InChI=1S/C21H33F2N5O/c1-4-9-25-20(29)8-10-26-21(24-3)28-13-11-27(12-14-28)19(5-2)17-7-6-16(22)15-18(17)23/h6-7,15,19H,4-5,8-14H2,1-3H3,(H,24,26)(H,25,29). The Kier molecular flexibility index (Phi) is 9.31. The fraction of sp³-hybridized carbons (Fsp3) is 0.619. The number of nitrogens with zero attached hydrogens (tertiary/aromatic N) is 3. The Morgan fingerprint density at radius 2 is 1.86 bits per heavy atom. The van der Waals surface area contributed by atoms with Crippen molar-refractivity contribution in [2.75, 3.05) is 46.3 Å². The molecule has 0 aromatic heterocycles. The summed E-state index contributed by atoms with van der Waals surface area (Å²) >= 11 is 0. The van der Waals surface area contributed by atoms with E-state index in [1.54, 1.807) is 13.1 Å². The molecule has 1 amide bonds. The lowest BCUT2D eigenvalue weighted by Gasteiger charge is -2.40. The lowest BCUT2D eigenvalue weighted by molar-refractivity contribution is -0.120. The number of hydrogen-bond acceptors (Lipinski definition) is 3. The van der Waals surface area contributed by atoms with E-state index in [9.17, 15) is 13.6 Å². The second-order valence-electron chi connectivity index (χ2n) is 7.19. The Morgan fingerprint density at radius 1 is 1.14 bits per heavy atom. The largest absolute Gasteiger partial charge is 0.356 e. The molecule has 1 aliphatic rings. The first-order chi connectivity index (χ1) is 14.0. The van der Waals surface area contributed by atoms with Crippen molar-refractivity contribution in [3.8, 4) is 0 Å². The first-order valence-electron chi connectivity index (χ1n) is 10.4. The van der Waals surface area contributed by atoms with Gasteiger partial charge in [-0.25, -0.2) is 8.78 Å². The molecule has 162 valence electrons. The van der Waals surface area contributed by atoms with Crippen LogP contribution < -0.4 is 10.6 Å². The zero-order valence-electron chi connectivity index (χ0n) is 17.7. The summed E-state index contributed by atoms with van der Waals surface area (Å²) in [5.74, 6) is -0.233. The van der Waals surface area contributed by atoms with Gasteiger partial charge in [0.1, 0.15) is 11.6 Å². The number of guanidine groups is 1. The van der Waals surface area contributed by atoms with Crippen molar-refractivity contribution in [2.45, 2.75) is 39.2 Å². The summed E-state index contributed by atoms with van der Waals surface area (Å²) in [7, 11) is 1.73. The molecule has 1 unspecified atom stereocenters. The third-order valence-corrected chi connectivity index (χ3v) is 5.18. The maximum absolute atomic E-state index is 14.2. The maximum Gasteiger partial charge on any atom is 0.221 e. The van der Waals surface area contributed by atoms with Crippen LogP contribution in [0.25, 0.3) is 0 Å². The number of piperazine rings is 1. The fourth-order valence-electron chi connectivity index (χ4n) is 3.66. The second kappa shape index (κ2) is 11.7. The van der Waals surface area contributed by atoms with Crippen molar-refractivity contribution < 1.29 is 13.6 Å². The highest BCUT2D eigenvalue weighted by Gasteiger charge is 2.27. The highest BCUT2D eigenvalue weighted by Crippen LogP contribution is 2.28. The first kappa shape index (κ1) is 23.1. The van der Waals surface area contributed by atoms with E-state index in [0.29, 0.717) is 25.1 Å². The van der Waals surface area contributed by atoms with Crippen LogP contribution in [0.2, 0.25) is 0 Å². The summed E-state index contributed by atoms with van der Waals surface area (Å²) in [4.78, 5) is 20.4. The van der Waals surface area contributed by atoms with Crippen molar-refractivity contribution in [1.29, 1.82) is 0 Å². The second-order valence-corrected chi connectivity index (χ2v) is 7.19. The van der Waals surface area contributed by atoms with Gasteiger partial charge >= 0.3 is 0 Å². The number of halogens is 2. The number of carbonyl (C=O) groups excluding carboxylic acids is 1. The molecule has 2 rings (SSSR count). The van der Waals surface area contributed by atoms with Gasteiger partial charge in [-0.1, -0.05) is 19.9 Å². The lowest BCUT2D eigenvalue weighted by Crippen LogP contribution is -2.53. The smallest absolute Gasteiger partial charge is 0.221 e. The van der Waals surface area contributed by atoms with Gasteiger partial charge in [-0.05, 0) is 18.9 Å². The normalized spacial score (nSPS) is 16.6. The molecular formula is C21H33F2N5O. The minimum absolute atomic E-state index is 0.0340. The van der Waals surface area contributed by atoms with Crippen LogP contribution in [0, 0.1) is 11.6 Å². The average Bonchev–Trinajstić information content (AvgIpc) is 2.72. The van der Waals surface area contributed by atoms with Crippen molar-refractivity contribution in [3.05, 3.63) is 35.4 Å². The molecule has 29 heavy (non-hydrogen) atoms. The van der Waals surface area contributed by atoms with E-state index >= 15 is 0 Å². The van der Waals surface area contributed by atoms with Gasteiger partial charge in [0.15, 0.2) is 5.96 Å². The number of hydrogen-bond donors (Lipinski definition) is 2. The summed E-state index contributed by atoms with van der Waals surface area (Å²) < 4.78 is 27.5. The van der Waals surface area contributed by atoms with E-state index in [1.807, 2.05) is 13.8 Å². The highest BCUT2D eigenvalue weighted by molar-refractivity contribution is 5.81. The molecule has 0 aliphatic carbocycles. The molecule has 6 nitrogen and oxygen atoms in total. The summed E-state index contributed by atoms with van der Waals surface area (Å²) in [6.45, 7) is 8.28. The summed E-state index contributed by atoms with van der Waals surface area (Å²) in [6.07, 6.45) is 2.08. The third kappa shape index (κ3) is 6.66. The monoisotopic (exact) mass is 409 g/mol. The molecule has 1 atom stereocenters. The van der Waals surface area contributed by atoms with Crippen LogP contribution >= 0.6 is 0 Å². The first-order valence-corrected chi connectivity index (χ1v) is 10.4. The number of rotatable bonds is 8. The van der Waals surface area contributed by atoms with Crippen LogP contribution in [-0.4, -0.2) is 68.0 Å². The van der Waals surface area contributed by atoms with Gasteiger partial charge in [0.2, 0.25) is 5.91 Å². The molecule has 0 radical (unpaired) electrons. The Hall–Kier alpha value is -2.22. The number of nitrogens with one attached hydrogen (secondary N) is 2. The van der Waals surface area contributed by atoms with Crippen molar-refractivity contribution in [3.63, 3.8) is 0 Å². The number of amides is 1. The van der Waals surface area contributed by atoms with Gasteiger partial charge in [0.05, 0.1) is 0 Å². The van der Waals surface area contributed by atoms with Crippen molar-refractivity contribution in [1.82, 2.24) is 20.4 Å². The van der Waals surface area contributed by atoms with Gasteiger partial charge < -0.3 is 15.5 Å². The molecule has 1 saturated heterocycles. The van der Waals surface area contributed by atoms with E-state index in [2.05, 4.69) is 25.4 Å². The molecule has 1 heterocycles. The van der Waals surface area contributed by atoms with Crippen LogP contribution in [0.4, 0.5) is 8.78 Å². The molecule has 0 bridgehead atoms. The van der Waals surface area contributed by atoms with Gasteiger partial charge in [-0.2, -0.15) is 0 Å². The Balaban J connectivity index is 1.86. The summed E-state index contributed by atoms with van der Waals surface area (Å²) in [5, 5.41) is 6.11. The molecule has 8 heteroatoms. The van der Waals surface area contributed by atoms with Gasteiger partial charge in [0, 0.05) is 70.4 Å². The molecule has 2 N–H and O–H groups in total. The molecule has 0 saturated carbocycles. The Bertz CT molecular complexity index is 690. The van der Waals surface area contributed by atoms with Crippen LogP contribution in [0.1, 0.15) is 44.7 Å². The zero-order valence-corrected chi connectivity index (χ0v) is 17.7. The minimum atomic E-state index is -0.552. The van der Waals surface area contributed by atoms with E-state index < -0.39 is 11.6 Å². The lowest BCUT2D eigenvalue weighted by atomic mass is 10.0. The molecule has 1 fully saturated rings. The van der Waals surface area contributed by atoms with Crippen LogP contribution in [0.5, 0.6) is 0 Å².